The molecule has 1 atom stereocenters. The van der Waals surface area contributed by atoms with Crippen molar-refractivity contribution in [2.75, 3.05) is 0 Å². The third-order valence-corrected chi connectivity index (χ3v) is 2.33. The lowest BCUT2D eigenvalue weighted by atomic mass is 10.6. The number of nitrogens with one attached hydrogen (secondary N) is 1. The Morgan fingerprint density at radius 2 is 2.30 bits per heavy atom. The largest absolute Gasteiger partial charge is 0.362 e. The molecular weight excluding hydrogens is 144 g/mol. The van der Waals surface area contributed by atoms with Crippen molar-refractivity contribution in [1.29, 1.82) is 0 Å². The quantitative estimate of drug-likeness (QED) is 0.565. The summed E-state index contributed by atoms with van der Waals surface area (Å²) >= 11 is 1.77. The first-order valence-corrected chi connectivity index (χ1v) is 4.10. The van der Waals surface area contributed by atoms with E-state index in [4.69, 9.17) is 0 Å². The van der Waals surface area contributed by atoms with Crippen LogP contribution in [0.5, 0.6) is 0 Å². The van der Waals surface area contributed by atoms with Gasteiger partial charge >= 0.3 is 0 Å². The molecule has 2 aliphatic heterocycles. The summed E-state index contributed by atoms with van der Waals surface area (Å²) in [5, 5.41) is 5.31. The Labute approximate surface area is 64.3 Å². The summed E-state index contributed by atoms with van der Waals surface area (Å²) < 4.78 is 0. The SMILES string of the molecule is C1=CNC2SC=CN2C=C1. The lowest BCUT2D eigenvalue weighted by Gasteiger charge is -2.18. The Bertz CT molecular complexity index is 208. The molecule has 0 radical (unpaired) electrons. The van der Waals surface area contributed by atoms with Crippen molar-refractivity contribution < 1.29 is 0 Å². The van der Waals surface area contributed by atoms with Gasteiger partial charge in [-0.15, -0.1) is 0 Å². The Morgan fingerprint density at radius 1 is 1.30 bits per heavy atom. The van der Waals surface area contributed by atoms with Crippen molar-refractivity contribution in [2.24, 2.45) is 0 Å². The first-order valence-electron chi connectivity index (χ1n) is 3.16. The van der Waals surface area contributed by atoms with E-state index < -0.39 is 0 Å². The van der Waals surface area contributed by atoms with Crippen molar-refractivity contribution in [3.8, 4) is 0 Å². The number of rotatable bonds is 0. The predicted octanol–water partition coefficient (Wildman–Crippen LogP) is 1.42. The number of thioether (sulfide) groups is 1. The Hall–Kier alpha value is -0.830. The average molecular weight is 152 g/mol. The zero-order chi connectivity index (χ0) is 6.81. The summed E-state index contributed by atoms with van der Waals surface area (Å²) in [5.74, 6) is 0. The molecule has 1 unspecified atom stereocenters. The van der Waals surface area contributed by atoms with E-state index in [0.29, 0.717) is 5.50 Å². The molecule has 0 aromatic carbocycles. The molecule has 0 fully saturated rings. The van der Waals surface area contributed by atoms with Crippen molar-refractivity contribution in [1.82, 2.24) is 10.2 Å². The normalized spacial score (nSPS) is 28.0. The fraction of sp³-hybridized carbons (Fsp3) is 0.143. The third-order valence-electron chi connectivity index (χ3n) is 1.42. The van der Waals surface area contributed by atoms with Crippen LogP contribution < -0.4 is 5.32 Å². The monoisotopic (exact) mass is 152 g/mol. The summed E-state index contributed by atoms with van der Waals surface area (Å²) in [7, 11) is 0. The number of hydrogen-bond acceptors (Lipinski definition) is 3. The van der Waals surface area contributed by atoms with E-state index in [1.807, 2.05) is 18.4 Å². The van der Waals surface area contributed by atoms with Gasteiger partial charge in [-0.3, -0.25) is 0 Å². The Morgan fingerprint density at radius 3 is 3.30 bits per heavy atom. The van der Waals surface area contributed by atoms with Crippen molar-refractivity contribution in [3.63, 3.8) is 0 Å². The highest BCUT2D eigenvalue weighted by Gasteiger charge is 2.15. The molecule has 0 saturated carbocycles. The van der Waals surface area contributed by atoms with Crippen LogP contribution in [0.4, 0.5) is 0 Å². The van der Waals surface area contributed by atoms with Gasteiger partial charge in [-0.25, -0.2) is 0 Å². The fourth-order valence-corrected chi connectivity index (χ4v) is 1.72. The molecule has 0 aromatic heterocycles. The molecule has 0 spiro atoms. The smallest absolute Gasteiger partial charge is 0.155 e. The lowest BCUT2D eigenvalue weighted by Crippen LogP contribution is -2.30. The molecule has 3 heteroatoms. The van der Waals surface area contributed by atoms with Gasteiger partial charge < -0.3 is 10.2 Å². The van der Waals surface area contributed by atoms with Crippen molar-refractivity contribution >= 4 is 11.8 Å². The minimum absolute atomic E-state index is 0.370. The summed E-state index contributed by atoms with van der Waals surface area (Å²) in [4.78, 5) is 2.13. The van der Waals surface area contributed by atoms with Gasteiger partial charge in [0.15, 0.2) is 5.50 Å². The van der Waals surface area contributed by atoms with Crippen LogP contribution in [0.3, 0.4) is 0 Å². The van der Waals surface area contributed by atoms with Gasteiger partial charge in [-0.1, -0.05) is 11.8 Å². The molecule has 0 aliphatic carbocycles. The predicted molar refractivity (Wildman–Crippen MR) is 43.8 cm³/mol. The van der Waals surface area contributed by atoms with E-state index in [2.05, 4.69) is 28.0 Å². The zero-order valence-electron chi connectivity index (χ0n) is 5.40. The number of hydrogen-bond donors (Lipinski definition) is 1. The molecule has 52 valence electrons. The van der Waals surface area contributed by atoms with Gasteiger partial charge in [0.25, 0.3) is 0 Å². The molecule has 2 rings (SSSR count). The molecule has 0 aromatic rings. The number of fused-ring (bicyclic) bond motifs is 1. The second kappa shape index (κ2) is 2.42. The van der Waals surface area contributed by atoms with Gasteiger partial charge in [0, 0.05) is 12.4 Å². The first-order chi connectivity index (χ1) is 4.97. The van der Waals surface area contributed by atoms with Gasteiger partial charge in [-0.05, 0) is 23.8 Å². The highest BCUT2D eigenvalue weighted by atomic mass is 32.2. The summed E-state index contributed by atoms with van der Waals surface area (Å²) in [5.41, 5.74) is 0.370. The molecular formula is C7H8N2S. The van der Waals surface area contributed by atoms with Crippen LogP contribution in [-0.2, 0) is 0 Å². The molecule has 10 heavy (non-hydrogen) atoms. The van der Waals surface area contributed by atoms with E-state index in [1.165, 1.54) is 0 Å². The Kier molecular flexibility index (Phi) is 1.43. The summed E-state index contributed by atoms with van der Waals surface area (Å²) in [6.07, 6.45) is 10.1. The van der Waals surface area contributed by atoms with Gasteiger partial charge in [0.2, 0.25) is 0 Å². The molecule has 2 heterocycles. The van der Waals surface area contributed by atoms with Crippen molar-refractivity contribution in [2.45, 2.75) is 5.50 Å². The molecule has 0 amide bonds. The number of allylic oxidation sites excluding steroid dienone is 2. The maximum Gasteiger partial charge on any atom is 0.155 e. The fourth-order valence-electron chi connectivity index (χ4n) is 0.924. The maximum absolute atomic E-state index is 3.23. The van der Waals surface area contributed by atoms with E-state index in [9.17, 15) is 0 Å². The van der Waals surface area contributed by atoms with Crippen LogP contribution in [0.15, 0.2) is 36.2 Å². The lowest BCUT2D eigenvalue weighted by molar-refractivity contribution is 0.455. The van der Waals surface area contributed by atoms with Crippen LogP contribution >= 0.6 is 11.8 Å². The molecule has 0 bridgehead atoms. The van der Waals surface area contributed by atoms with E-state index >= 15 is 0 Å². The van der Waals surface area contributed by atoms with Crippen LogP contribution in [0.1, 0.15) is 0 Å². The third kappa shape index (κ3) is 0.926. The van der Waals surface area contributed by atoms with Crippen LogP contribution in [-0.4, -0.2) is 10.4 Å². The van der Waals surface area contributed by atoms with Gasteiger partial charge in [-0.2, -0.15) is 0 Å². The summed E-state index contributed by atoms with van der Waals surface area (Å²) in [6, 6.07) is 0. The highest BCUT2D eigenvalue weighted by molar-refractivity contribution is 8.02. The molecule has 1 N–H and O–H groups in total. The second-order valence-electron chi connectivity index (χ2n) is 2.09. The molecule has 0 saturated heterocycles. The van der Waals surface area contributed by atoms with Crippen LogP contribution in [0.25, 0.3) is 0 Å². The van der Waals surface area contributed by atoms with Crippen molar-refractivity contribution in [3.05, 3.63) is 36.2 Å². The highest BCUT2D eigenvalue weighted by Crippen LogP contribution is 2.23. The van der Waals surface area contributed by atoms with E-state index in [1.54, 1.807) is 11.8 Å². The molecule has 2 nitrogen and oxygen atoms in total. The van der Waals surface area contributed by atoms with E-state index in [0.717, 1.165) is 0 Å². The van der Waals surface area contributed by atoms with Crippen LogP contribution in [0.2, 0.25) is 0 Å². The molecule has 2 aliphatic rings. The van der Waals surface area contributed by atoms with E-state index in [-0.39, 0.29) is 0 Å². The topological polar surface area (TPSA) is 15.3 Å². The minimum Gasteiger partial charge on any atom is -0.362 e. The average Bonchev–Trinajstić information content (AvgIpc) is 2.28. The maximum atomic E-state index is 3.23. The van der Waals surface area contributed by atoms with Gasteiger partial charge in [0.05, 0.1) is 0 Å². The second-order valence-corrected chi connectivity index (χ2v) is 3.08. The van der Waals surface area contributed by atoms with Gasteiger partial charge in [0.1, 0.15) is 0 Å². The van der Waals surface area contributed by atoms with Crippen LogP contribution in [0, 0.1) is 0 Å². The zero-order valence-corrected chi connectivity index (χ0v) is 6.21. The minimum atomic E-state index is 0.370. The standard InChI is InChI=1S/C7H8N2S/c1-2-4-9-5-6-10-7(9)8-3-1/h1-8H. The first kappa shape index (κ1) is 5.92. The summed E-state index contributed by atoms with van der Waals surface area (Å²) in [6.45, 7) is 0. The number of nitrogens with zero attached hydrogens (tertiary/aromatic N) is 1. The Balaban J connectivity index is 2.18.